The molecule has 21 heavy (non-hydrogen) atoms. The zero-order chi connectivity index (χ0) is 15.3. The lowest BCUT2D eigenvalue weighted by Gasteiger charge is -2.18. The van der Waals surface area contributed by atoms with E-state index in [4.69, 9.17) is 4.74 Å². The van der Waals surface area contributed by atoms with Crippen LogP contribution in [0.3, 0.4) is 0 Å². The van der Waals surface area contributed by atoms with E-state index < -0.39 is 0 Å². The number of rotatable bonds is 7. The number of ether oxygens (including phenoxy) is 1. The molecule has 0 spiro atoms. The first-order valence-electron chi connectivity index (χ1n) is 7.92. The van der Waals surface area contributed by atoms with Crippen molar-refractivity contribution in [1.29, 1.82) is 0 Å². The van der Waals surface area contributed by atoms with Crippen LogP contribution in [0.1, 0.15) is 34.1 Å². The summed E-state index contributed by atoms with van der Waals surface area (Å²) in [5.74, 6) is 0.981. The summed E-state index contributed by atoms with van der Waals surface area (Å²) in [5, 5.41) is 4.74. The van der Waals surface area contributed by atoms with Crippen molar-refractivity contribution >= 4 is 10.9 Å². The number of benzene rings is 1. The molecule has 0 unspecified atom stereocenters. The number of nitrogens with one attached hydrogen (secondary N) is 1. The van der Waals surface area contributed by atoms with Gasteiger partial charge in [0.1, 0.15) is 5.75 Å². The largest absolute Gasteiger partial charge is 0.493 e. The highest BCUT2D eigenvalue weighted by Crippen LogP contribution is 2.26. The fourth-order valence-electron chi connectivity index (χ4n) is 2.46. The van der Waals surface area contributed by atoms with Gasteiger partial charge in [0.25, 0.3) is 0 Å². The van der Waals surface area contributed by atoms with Gasteiger partial charge < -0.3 is 14.6 Å². The van der Waals surface area contributed by atoms with Crippen LogP contribution in [0, 0.1) is 5.41 Å². The number of aromatic nitrogens is 1. The fourth-order valence-corrected chi connectivity index (χ4v) is 2.46. The SMILES string of the molecule is CCOc1cccc2c1ccn2CCNCCC(C)(C)C. The molecule has 0 aliphatic rings. The van der Waals surface area contributed by atoms with Gasteiger partial charge in [-0.25, -0.2) is 0 Å². The van der Waals surface area contributed by atoms with Gasteiger partial charge in [0.2, 0.25) is 0 Å². The maximum atomic E-state index is 5.68. The van der Waals surface area contributed by atoms with E-state index in [2.05, 4.69) is 55.1 Å². The Hall–Kier alpha value is -1.48. The Bertz CT molecular complexity index is 566. The molecule has 1 aromatic carbocycles. The summed E-state index contributed by atoms with van der Waals surface area (Å²) in [7, 11) is 0. The molecule has 0 amide bonds. The molecule has 1 aromatic heterocycles. The Morgan fingerprint density at radius 3 is 2.67 bits per heavy atom. The molecule has 0 aliphatic heterocycles. The number of fused-ring (bicyclic) bond motifs is 1. The van der Waals surface area contributed by atoms with Gasteiger partial charge in [-0.15, -0.1) is 0 Å². The van der Waals surface area contributed by atoms with Crippen molar-refractivity contribution in [3.8, 4) is 5.75 Å². The van der Waals surface area contributed by atoms with E-state index in [-0.39, 0.29) is 0 Å². The first-order valence-corrected chi connectivity index (χ1v) is 7.92. The third kappa shape index (κ3) is 4.50. The molecule has 3 heteroatoms. The van der Waals surface area contributed by atoms with Crippen molar-refractivity contribution in [2.45, 2.75) is 40.7 Å². The molecule has 0 fully saturated rings. The Labute approximate surface area is 128 Å². The van der Waals surface area contributed by atoms with Gasteiger partial charge in [-0.3, -0.25) is 0 Å². The smallest absolute Gasteiger partial charge is 0.128 e. The standard InChI is InChI=1S/C18H28N2O/c1-5-21-17-8-6-7-16-15(17)9-13-20(16)14-12-19-11-10-18(2,3)4/h6-9,13,19H,5,10-12,14H2,1-4H3. The van der Waals surface area contributed by atoms with E-state index in [1.807, 2.05) is 13.0 Å². The first-order chi connectivity index (χ1) is 10.0. The van der Waals surface area contributed by atoms with Crippen molar-refractivity contribution in [3.63, 3.8) is 0 Å². The van der Waals surface area contributed by atoms with Crippen LogP contribution in [0.2, 0.25) is 0 Å². The summed E-state index contributed by atoms with van der Waals surface area (Å²) in [4.78, 5) is 0. The average molecular weight is 288 g/mol. The second-order valence-electron chi connectivity index (χ2n) is 6.69. The van der Waals surface area contributed by atoms with E-state index >= 15 is 0 Å². The molecule has 2 aromatic rings. The van der Waals surface area contributed by atoms with Crippen LogP contribution in [0.15, 0.2) is 30.5 Å². The summed E-state index contributed by atoms with van der Waals surface area (Å²) in [5.41, 5.74) is 1.65. The normalized spacial score (nSPS) is 12.0. The molecule has 1 heterocycles. The molecule has 0 atom stereocenters. The van der Waals surface area contributed by atoms with Crippen LogP contribution in [0.5, 0.6) is 5.75 Å². The lowest BCUT2D eigenvalue weighted by atomic mass is 9.92. The lowest BCUT2D eigenvalue weighted by molar-refractivity contribution is 0.344. The zero-order valence-corrected chi connectivity index (χ0v) is 13.8. The summed E-state index contributed by atoms with van der Waals surface area (Å²) >= 11 is 0. The second kappa shape index (κ2) is 6.99. The highest BCUT2D eigenvalue weighted by molar-refractivity contribution is 5.86. The Morgan fingerprint density at radius 1 is 1.14 bits per heavy atom. The molecule has 0 radical (unpaired) electrons. The maximum absolute atomic E-state index is 5.68. The number of nitrogens with zero attached hydrogens (tertiary/aromatic N) is 1. The molecule has 0 saturated heterocycles. The molecule has 0 bridgehead atoms. The predicted octanol–water partition coefficient (Wildman–Crippen LogP) is 4.07. The fraction of sp³-hybridized carbons (Fsp3) is 0.556. The maximum Gasteiger partial charge on any atom is 0.128 e. The molecule has 116 valence electrons. The van der Waals surface area contributed by atoms with Crippen molar-refractivity contribution in [2.75, 3.05) is 19.7 Å². The monoisotopic (exact) mass is 288 g/mol. The summed E-state index contributed by atoms with van der Waals surface area (Å²) < 4.78 is 7.98. The van der Waals surface area contributed by atoms with Crippen LogP contribution in [-0.4, -0.2) is 24.3 Å². The number of hydrogen-bond donors (Lipinski definition) is 1. The zero-order valence-electron chi connectivity index (χ0n) is 13.8. The minimum Gasteiger partial charge on any atom is -0.493 e. The third-order valence-corrected chi connectivity index (χ3v) is 3.65. The minimum atomic E-state index is 0.402. The Balaban J connectivity index is 1.92. The van der Waals surface area contributed by atoms with Crippen LogP contribution in [0.4, 0.5) is 0 Å². The van der Waals surface area contributed by atoms with Crippen LogP contribution < -0.4 is 10.1 Å². The second-order valence-corrected chi connectivity index (χ2v) is 6.69. The van der Waals surface area contributed by atoms with E-state index in [0.717, 1.165) is 25.4 Å². The quantitative estimate of drug-likeness (QED) is 0.777. The minimum absolute atomic E-state index is 0.402. The van der Waals surface area contributed by atoms with E-state index in [1.165, 1.54) is 17.3 Å². The van der Waals surface area contributed by atoms with Crippen molar-refractivity contribution in [2.24, 2.45) is 5.41 Å². The molecular weight excluding hydrogens is 260 g/mol. The van der Waals surface area contributed by atoms with Crippen molar-refractivity contribution in [1.82, 2.24) is 9.88 Å². The molecule has 2 rings (SSSR count). The van der Waals surface area contributed by atoms with E-state index in [0.29, 0.717) is 12.0 Å². The summed E-state index contributed by atoms with van der Waals surface area (Å²) in [6.45, 7) is 12.6. The molecule has 0 saturated carbocycles. The highest BCUT2D eigenvalue weighted by atomic mass is 16.5. The number of hydrogen-bond acceptors (Lipinski definition) is 2. The van der Waals surface area contributed by atoms with Gasteiger partial charge in [-0.05, 0) is 43.5 Å². The van der Waals surface area contributed by atoms with Gasteiger partial charge in [0.05, 0.1) is 12.1 Å². The topological polar surface area (TPSA) is 26.2 Å². The van der Waals surface area contributed by atoms with Crippen LogP contribution in [0.25, 0.3) is 10.9 Å². The van der Waals surface area contributed by atoms with Crippen LogP contribution in [-0.2, 0) is 6.54 Å². The van der Waals surface area contributed by atoms with Crippen molar-refractivity contribution < 1.29 is 4.74 Å². The van der Waals surface area contributed by atoms with Crippen LogP contribution >= 0.6 is 0 Å². The Morgan fingerprint density at radius 2 is 1.95 bits per heavy atom. The third-order valence-electron chi connectivity index (χ3n) is 3.65. The highest BCUT2D eigenvalue weighted by Gasteiger charge is 2.09. The lowest BCUT2D eigenvalue weighted by Crippen LogP contribution is -2.24. The molecular formula is C18H28N2O. The molecule has 0 aliphatic carbocycles. The molecule has 3 nitrogen and oxygen atoms in total. The molecule has 1 N–H and O–H groups in total. The van der Waals surface area contributed by atoms with Gasteiger partial charge >= 0.3 is 0 Å². The van der Waals surface area contributed by atoms with Gasteiger partial charge in [0, 0.05) is 24.7 Å². The van der Waals surface area contributed by atoms with Crippen molar-refractivity contribution in [3.05, 3.63) is 30.5 Å². The van der Waals surface area contributed by atoms with E-state index in [1.54, 1.807) is 0 Å². The van der Waals surface area contributed by atoms with E-state index in [9.17, 15) is 0 Å². The summed E-state index contributed by atoms with van der Waals surface area (Å²) in [6.07, 6.45) is 3.35. The van der Waals surface area contributed by atoms with Gasteiger partial charge in [0.15, 0.2) is 0 Å². The van der Waals surface area contributed by atoms with Gasteiger partial charge in [-0.1, -0.05) is 26.8 Å². The summed E-state index contributed by atoms with van der Waals surface area (Å²) in [6, 6.07) is 8.41. The average Bonchev–Trinajstić information content (AvgIpc) is 2.82. The Kier molecular flexibility index (Phi) is 5.29. The predicted molar refractivity (Wildman–Crippen MR) is 90.0 cm³/mol. The first kappa shape index (κ1) is 15.9. The van der Waals surface area contributed by atoms with Gasteiger partial charge in [-0.2, -0.15) is 0 Å².